The van der Waals surface area contributed by atoms with Gasteiger partial charge in [-0.2, -0.15) is 0 Å². The molecule has 0 aliphatic carbocycles. The van der Waals surface area contributed by atoms with E-state index in [4.69, 9.17) is 17.3 Å². The molecule has 128 valence electrons. The van der Waals surface area contributed by atoms with Crippen molar-refractivity contribution in [1.82, 2.24) is 19.9 Å². The summed E-state index contributed by atoms with van der Waals surface area (Å²) in [5.74, 6) is 0.175. The molecule has 0 saturated carbocycles. The van der Waals surface area contributed by atoms with Crippen LogP contribution in [0.15, 0.2) is 29.1 Å². The molecule has 0 spiro atoms. The van der Waals surface area contributed by atoms with Crippen LogP contribution in [0, 0.1) is 6.92 Å². The number of anilines is 1. The van der Waals surface area contributed by atoms with Gasteiger partial charge in [0.25, 0.3) is 5.56 Å². The Kier molecular flexibility index (Phi) is 3.94. The summed E-state index contributed by atoms with van der Waals surface area (Å²) in [4.78, 5) is 25.6. The Balaban J connectivity index is 1.62. The third kappa shape index (κ3) is 3.10. The average molecular weight is 356 g/mol. The first-order chi connectivity index (χ1) is 12.0. The second-order valence-corrected chi connectivity index (χ2v) is 6.83. The van der Waals surface area contributed by atoms with Crippen LogP contribution in [-0.2, 0) is 19.5 Å². The molecule has 0 amide bonds. The quantitative estimate of drug-likeness (QED) is 0.689. The zero-order chi connectivity index (χ0) is 17.6. The molecule has 0 radical (unpaired) electrons. The zero-order valence-corrected chi connectivity index (χ0v) is 14.6. The maximum absolute atomic E-state index is 12.1. The maximum Gasteiger partial charge on any atom is 0.257 e. The normalized spacial score (nSPS) is 14.6. The number of fused-ring (bicyclic) bond motifs is 2. The zero-order valence-electron chi connectivity index (χ0n) is 13.8. The summed E-state index contributed by atoms with van der Waals surface area (Å²) in [5.41, 5.74) is 9.94. The topological polar surface area (TPSA) is 87.9 Å². The van der Waals surface area contributed by atoms with Crippen LogP contribution in [0.3, 0.4) is 0 Å². The van der Waals surface area contributed by atoms with Gasteiger partial charge in [0, 0.05) is 37.0 Å². The minimum atomic E-state index is -0.162. The van der Waals surface area contributed by atoms with Gasteiger partial charge in [0.05, 0.1) is 16.8 Å². The van der Waals surface area contributed by atoms with Crippen molar-refractivity contribution >= 4 is 28.5 Å². The fourth-order valence-electron chi connectivity index (χ4n) is 3.28. The molecular formula is C18H18ClN5O. The smallest absolute Gasteiger partial charge is 0.257 e. The Labute approximate surface area is 149 Å². The van der Waals surface area contributed by atoms with E-state index in [-0.39, 0.29) is 11.5 Å². The average Bonchev–Trinajstić information content (AvgIpc) is 2.56. The van der Waals surface area contributed by atoms with Gasteiger partial charge in [-0.25, -0.2) is 9.97 Å². The number of aromatic amines is 1. The fraction of sp³-hybridized carbons (Fsp3) is 0.278. The predicted octanol–water partition coefficient (Wildman–Crippen LogP) is 2.42. The third-order valence-electron chi connectivity index (χ3n) is 4.56. The molecule has 4 rings (SSSR count). The van der Waals surface area contributed by atoms with E-state index in [9.17, 15) is 4.79 Å². The number of hydrogen-bond donors (Lipinski definition) is 2. The highest BCUT2D eigenvalue weighted by molar-refractivity contribution is 6.30. The lowest BCUT2D eigenvalue weighted by Gasteiger charge is -2.27. The number of pyridine rings is 1. The first kappa shape index (κ1) is 16.1. The van der Waals surface area contributed by atoms with Gasteiger partial charge >= 0.3 is 0 Å². The number of aryl methyl sites for hydroxylation is 1. The first-order valence-corrected chi connectivity index (χ1v) is 8.53. The largest absolute Gasteiger partial charge is 0.369 e. The van der Waals surface area contributed by atoms with Crippen LogP contribution in [0.4, 0.5) is 5.95 Å². The van der Waals surface area contributed by atoms with Gasteiger partial charge in [0.1, 0.15) is 5.15 Å². The second kappa shape index (κ2) is 6.13. The summed E-state index contributed by atoms with van der Waals surface area (Å²) in [6.45, 7) is 4.00. The Morgan fingerprint density at radius 1 is 1.32 bits per heavy atom. The molecule has 6 nitrogen and oxygen atoms in total. The van der Waals surface area contributed by atoms with E-state index in [0.29, 0.717) is 30.2 Å². The highest BCUT2D eigenvalue weighted by Crippen LogP contribution is 2.24. The molecule has 0 saturated heterocycles. The Morgan fingerprint density at radius 3 is 3.00 bits per heavy atom. The standard InChI is InChI=1S/C18H18ClN5O/c1-10-2-3-11-7-12(16(19)21-15(11)6-10)8-24-5-4-14-13(9-24)17(25)23-18(20)22-14/h2-3,6-7H,4-5,8-9H2,1H3,(H3,20,22,23,25). The van der Waals surface area contributed by atoms with E-state index in [1.165, 1.54) is 0 Å². The van der Waals surface area contributed by atoms with Crippen LogP contribution in [-0.4, -0.2) is 26.4 Å². The lowest BCUT2D eigenvalue weighted by molar-refractivity contribution is 0.242. The predicted molar refractivity (Wildman–Crippen MR) is 98.6 cm³/mol. The van der Waals surface area contributed by atoms with Crippen LogP contribution in [0.25, 0.3) is 10.9 Å². The van der Waals surface area contributed by atoms with Crippen LogP contribution < -0.4 is 11.3 Å². The van der Waals surface area contributed by atoms with Gasteiger partial charge in [0.15, 0.2) is 0 Å². The Morgan fingerprint density at radius 2 is 2.16 bits per heavy atom. The molecule has 7 heteroatoms. The molecule has 0 fully saturated rings. The van der Waals surface area contributed by atoms with Crippen LogP contribution >= 0.6 is 11.6 Å². The molecular weight excluding hydrogens is 338 g/mol. The SMILES string of the molecule is Cc1ccc2cc(CN3CCc4nc(N)[nH]c(=O)c4C3)c(Cl)nc2c1. The number of aromatic nitrogens is 3. The molecule has 1 aliphatic rings. The maximum atomic E-state index is 12.1. The molecule has 0 atom stereocenters. The van der Waals surface area contributed by atoms with Crippen LogP contribution in [0.1, 0.15) is 22.4 Å². The monoisotopic (exact) mass is 355 g/mol. The van der Waals surface area contributed by atoms with Crippen LogP contribution in [0.5, 0.6) is 0 Å². The molecule has 3 heterocycles. The number of nitrogens with one attached hydrogen (secondary N) is 1. The lowest BCUT2D eigenvalue weighted by atomic mass is 10.1. The number of nitrogens with two attached hydrogens (primary N) is 1. The number of benzene rings is 1. The summed E-state index contributed by atoms with van der Waals surface area (Å²) in [6, 6.07) is 8.22. The van der Waals surface area contributed by atoms with Gasteiger partial charge in [0.2, 0.25) is 5.95 Å². The molecule has 1 aliphatic heterocycles. The van der Waals surface area contributed by atoms with Crippen molar-refractivity contribution in [3.8, 4) is 0 Å². The van der Waals surface area contributed by atoms with Crippen LogP contribution in [0.2, 0.25) is 5.15 Å². The highest BCUT2D eigenvalue weighted by Gasteiger charge is 2.21. The van der Waals surface area contributed by atoms with Gasteiger partial charge in [-0.05, 0) is 24.6 Å². The van der Waals surface area contributed by atoms with Gasteiger partial charge < -0.3 is 5.73 Å². The Bertz CT molecular complexity index is 1030. The lowest BCUT2D eigenvalue weighted by Crippen LogP contribution is -2.35. The number of rotatable bonds is 2. The van der Waals surface area contributed by atoms with Crippen molar-refractivity contribution in [3.05, 3.63) is 62.2 Å². The molecule has 1 aromatic carbocycles. The second-order valence-electron chi connectivity index (χ2n) is 6.47. The molecule has 0 unspecified atom stereocenters. The van der Waals surface area contributed by atoms with Crippen molar-refractivity contribution in [3.63, 3.8) is 0 Å². The van der Waals surface area contributed by atoms with Gasteiger partial charge in [-0.15, -0.1) is 0 Å². The van der Waals surface area contributed by atoms with Crippen molar-refractivity contribution < 1.29 is 0 Å². The first-order valence-electron chi connectivity index (χ1n) is 8.15. The highest BCUT2D eigenvalue weighted by atomic mass is 35.5. The Hall–Kier alpha value is -2.44. The van der Waals surface area contributed by atoms with Crippen molar-refractivity contribution in [2.24, 2.45) is 0 Å². The van der Waals surface area contributed by atoms with E-state index in [2.05, 4.69) is 38.1 Å². The van der Waals surface area contributed by atoms with Gasteiger partial charge in [-0.3, -0.25) is 14.7 Å². The fourth-order valence-corrected chi connectivity index (χ4v) is 3.49. The summed E-state index contributed by atoms with van der Waals surface area (Å²) in [5, 5.41) is 1.57. The van der Waals surface area contributed by atoms with E-state index in [0.717, 1.165) is 34.3 Å². The molecule has 25 heavy (non-hydrogen) atoms. The van der Waals surface area contributed by atoms with Crippen molar-refractivity contribution in [2.75, 3.05) is 12.3 Å². The number of nitrogens with zero attached hydrogens (tertiary/aromatic N) is 3. The number of H-pyrrole nitrogens is 1. The van der Waals surface area contributed by atoms with Gasteiger partial charge in [-0.1, -0.05) is 23.7 Å². The van der Waals surface area contributed by atoms with Crippen molar-refractivity contribution in [1.29, 1.82) is 0 Å². The van der Waals surface area contributed by atoms with E-state index >= 15 is 0 Å². The molecule has 3 N–H and O–H groups in total. The van der Waals surface area contributed by atoms with Crippen molar-refractivity contribution in [2.45, 2.75) is 26.4 Å². The summed E-state index contributed by atoms with van der Waals surface area (Å²) >= 11 is 6.39. The minimum absolute atomic E-state index is 0.162. The number of halogens is 1. The summed E-state index contributed by atoms with van der Waals surface area (Å²) < 4.78 is 0. The molecule has 0 bridgehead atoms. The molecule has 3 aromatic rings. The summed E-state index contributed by atoms with van der Waals surface area (Å²) in [7, 11) is 0. The van der Waals surface area contributed by atoms with E-state index < -0.39 is 0 Å². The number of hydrogen-bond acceptors (Lipinski definition) is 5. The minimum Gasteiger partial charge on any atom is -0.369 e. The van der Waals surface area contributed by atoms with E-state index in [1.807, 2.05) is 13.0 Å². The number of nitrogen functional groups attached to an aromatic ring is 1. The van der Waals surface area contributed by atoms with E-state index in [1.54, 1.807) is 0 Å². The summed E-state index contributed by atoms with van der Waals surface area (Å²) in [6.07, 6.45) is 0.696. The third-order valence-corrected chi connectivity index (χ3v) is 4.89. The molecule has 2 aromatic heterocycles.